The molecule has 1 unspecified atom stereocenters. The van der Waals surface area contributed by atoms with E-state index in [4.69, 9.17) is 0 Å². The third-order valence-electron chi connectivity index (χ3n) is 2.65. The van der Waals surface area contributed by atoms with E-state index in [0.717, 1.165) is 38.5 Å². The summed E-state index contributed by atoms with van der Waals surface area (Å²) in [5, 5.41) is 10.8. The van der Waals surface area contributed by atoms with Gasteiger partial charge >= 0.3 is 29.6 Å². The van der Waals surface area contributed by atoms with E-state index >= 15 is 0 Å². The Morgan fingerprint density at radius 3 is 2.00 bits per heavy atom. The predicted octanol–water partition coefficient (Wildman–Crippen LogP) is -0.483. The number of rotatable bonds is 9. The van der Waals surface area contributed by atoms with E-state index < -0.39 is 5.97 Å². The maximum Gasteiger partial charge on any atom is 1.00 e. The smallest absolute Gasteiger partial charge is 0.550 e. The largest absolute Gasteiger partial charge is 1.00 e. The normalized spacial score (nSPS) is 11.9. The molecular formula is C12H23NaO2. The molecule has 0 rings (SSSR count). The van der Waals surface area contributed by atoms with Gasteiger partial charge in [-0.15, -0.1) is 0 Å². The Morgan fingerprint density at radius 2 is 1.53 bits per heavy atom. The minimum absolute atomic E-state index is 0. The average molecular weight is 222 g/mol. The molecule has 15 heavy (non-hydrogen) atoms. The minimum atomic E-state index is -0.852. The Kier molecular flexibility index (Phi) is 14.9. The van der Waals surface area contributed by atoms with Crippen LogP contribution in [0.2, 0.25) is 0 Å². The summed E-state index contributed by atoms with van der Waals surface area (Å²) in [7, 11) is 0. The molecule has 2 nitrogen and oxygen atoms in total. The molecule has 3 heteroatoms. The number of carbonyl (C=O) groups excluding carboxylic acids is 1. The zero-order valence-corrected chi connectivity index (χ0v) is 12.6. The molecule has 0 aromatic carbocycles. The number of carboxylic acid groups (broad SMARTS) is 1. The van der Waals surface area contributed by atoms with E-state index in [-0.39, 0.29) is 35.5 Å². The molecule has 0 bridgehead atoms. The molecule has 0 radical (unpaired) electrons. The molecule has 0 aliphatic heterocycles. The van der Waals surface area contributed by atoms with Crippen molar-refractivity contribution in [3.8, 4) is 0 Å². The summed E-state index contributed by atoms with van der Waals surface area (Å²) in [5.74, 6) is -1.05. The van der Waals surface area contributed by atoms with Crippen LogP contribution in [0.1, 0.15) is 65.2 Å². The van der Waals surface area contributed by atoms with E-state index in [1.165, 1.54) is 12.8 Å². The van der Waals surface area contributed by atoms with Crippen molar-refractivity contribution in [3.05, 3.63) is 0 Å². The van der Waals surface area contributed by atoms with Gasteiger partial charge in [0.2, 0.25) is 0 Å². The third-order valence-corrected chi connectivity index (χ3v) is 2.65. The fraction of sp³-hybridized carbons (Fsp3) is 0.917. The molecule has 0 aromatic heterocycles. The fourth-order valence-corrected chi connectivity index (χ4v) is 1.65. The summed E-state index contributed by atoms with van der Waals surface area (Å²) >= 11 is 0. The van der Waals surface area contributed by atoms with Gasteiger partial charge in [0.25, 0.3) is 0 Å². The Morgan fingerprint density at radius 1 is 1.00 bits per heavy atom. The van der Waals surface area contributed by atoms with E-state index in [9.17, 15) is 9.90 Å². The fourth-order valence-electron chi connectivity index (χ4n) is 1.65. The molecule has 84 valence electrons. The van der Waals surface area contributed by atoms with Crippen LogP contribution in [0.3, 0.4) is 0 Å². The van der Waals surface area contributed by atoms with Gasteiger partial charge in [-0.25, -0.2) is 0 Å². The zero-order valence-electron chi connectivity index (χ0n) is 10.6. The van der Waals surface area contributed by atoms with Crippen molar-refractivity contribution in [2.24, 2.45) is 5.92 Å². The maximum atomic E-state index is 10.8. The quantitative estimate of drug-likeness (QED) is 0.390. The van der Waals surface area contributed by atoms with Crippen molar-refractivity contribution < 1.29 is 39.5 Å². The van der Waals surface area contributed by atoms with E-state index in [1.807, 2.05) is 0 Å². The first-order valence-electron chi connectivity index (χ1n) is 5.93. The Labute approximate surface area is 116 Å². The molecule has 0 fully saturated rings. The summed E-state index contributed by atoms with van der Waals surface area (Å²) in [5.41, 5.74) is 0. The van der Waals surface area contributed by atoms with Crippen molar-refractivity contribution >= 4 is 5.97 Å². The van der Waals surface area contributed by atoms with Crippen LogP contribution in [0.4, 0.5) is 0 Å². The van der Waals surface area contributed by atoms with Gasteiger partial charge in [-0.1, -0.05) is 52.4 Å². The van der Waals surface area contributed by atoms with Crippen LogP contribution < -0.4 is 34.7 Å². The number of unbranched alkanes of at least 4 members (excludes halogenated alkanes) is 4. The SMILES string of the molecule is CCCCCCC(CCCC)C(=O)[O-].[Na+]. The van der Waals surface area contributed by atoms with Gasteiger partial charge in [-0.2, -0.15) is 0 Å². The first-order chi connectivity index (χ1) is 6.72. The van der Waals surface area contributed by atoms with Crippen molar-refractivity contribution in [1.29, 1.82) is 0 Å². The number of aliphatic carboxylic acids is 1. The molecule has 0 saturated heterocycles. The van der Waals surface area contributed by atoms with Crippen LogP contribution >= 0.6 is 0 Å². The zero-order chi connectivity index (χ0) is 10.8. The summed E-state index contributed by atoms with van der Waals surface area (Å²) < 4.78 is 0. The molecule has 0 N–H and O–H groups in total. The Bertz CT molecular complexity index is 149. The number of carboxylic acids is 1. The molecule has 0 aliphatic rings. The van der Waals surface area contributed by atoms with E-state index in [1.54, 1.807) is 0 Å². The van der Waals surface area contributed by atoms with Gasteiger partial charge in [0.15, 0.2) is 0 Å². The summed E-state index contributed by atoms with van der Waals surface area (Å²) in [6.07, 6.45) is 8.29. The number of hydrogen-bond acceptors (Lipinski definition) is 2. The van der Waals surface area contributed by atoms with Gasteiger partial charge in [-0.3, -0.25) is 0 Å². The standard InChI is InChI=1S/C12H24O2.Na/c1-3-5-7-8-10-11(12(13)14)9-6-4-2;/h11H,3-10H2,1-2H3,(H,13,14);/q;+1/p-1. The molecule has 0 amide bonds. The summed E-state index contributed by atoms with van der Waals surface area (Å²) in [4.78, 5) is 10.8. The van der Waals surface area contributed by atoms with E-state index in [0.29, 0.717) is 0 Å². The monoisotopic (exact) mass is 222 g/mol. The van der Waals surface area contributed by atoms with Crippen molar-refractivity contribution in [1.82, 2.24) is 0 Å². The van der Waals surface area contributed by atoms with E-state index in [2.05, 4.69) is 13.8 Å². The Hall–Kier alpha value is 0.470. The van der Waals surface area contributed by atoms with Crippen LogP contribution in [-0.4, -0.2) is 5.97 Å². The third kappa shape index (κ3) is 10.7. The molecule has 0 aliphatic carbocycles. The van der Waals surface area contributed by atoms with Crippen LogP contribution in [0.5, 0.6) is 0 Å². The Balaban J connectivity index is 0. The van der Waals surface area contributed by atoms with Crippen molar-refractivity contribution in [2.75, 3.05) is 0 Å². The second-order valence-corrected chi connectivity index (χ2v) is 4.01. The predicted molar refractivity (Wildman–Crippen MR) is 56.8 cm³/mol. The minimum Gasteiger partial charge on any atom is -0.550 e. The van der Waals surface area contributed by atoms with Gasteiger partial charge in [0, 0.05) is 5.97 Å². The molecule has 1 atom stereocenters. The van der Waals surface area contributed by atoms with Crippen molar-refractivity contribution in [2.45, 2.75) is 65.2 Å². The van der Waals surface area contributed by atoms with Crippen molar-refractivity contribution in [3.63, 3.8) is 0 Å². The summed E-state index contributed by atoms with van der Waals surface area (Å²) in [6, 6.07) is 0. The first-order valence-corrected chi connectivity index (χ1v) is 5.93. The van der Waals surface area contributed by atoms with Gasteiger partial charge in [0.05, 0.1) is 0 Å². The molecule has 0 saturated carbocycles. The average Bonchev–Trinajstić information content (AvgIpc) is 2.16. The van der Waals surface area contributed by atoms with Crippen LogP contribution in [-0.2, 0) is 4.79 Å². The molecule has 0 heterocycles. The van der Waals surface area contributed by atoms with Gasteiger partial charge < -0.3 is 9.90 Å². The second-order valence-electron chi connectivity index (χ2n) is 4.01. The number of carbonyl (C=O) groups is 1. The molecular weight excluding hydrogens is 199 g/mol. The van der Waals surface area contributed by atoms with Crippen LogP contribution in [0.15, 0.2) is 0 Å². The topological polar surface area (TPSA) is 40.1 Å². The second kappa shape index (κ2) is 12.5. The molecule has 0 spiro atoms. The first kappa shape index (κ1) is 17.9. The maximum absolute atomic E-state index is 10.8. The van der Waals surface area contributed by atoms with Gasteiger partial charge in [0.1, 0.15) is 0 Å². The van der Waals surface area contributed by atoms with Crippen LogP contribution in [0, 0.1) is 5.92 Å². The number of hydrogen-bond donors (Lipinski definition) is 0. The van der Waals surface area contributed by atoms with Crippen LogP contribution in [0.25, 0.3) is 0 Å². The summed E-state index contributed by atoms with van der Waals surface area (Å²) in [6.45, 7) is 4.25. The van der Waals surface area contributed by atoms with Gasteiger partial charge in [-0.05, 0) is 18.8 Å². The molecule has 0 aromatic rings.